The minimum absolute atomic E-state index is 0.564. The van der Waals surface area contributed by atoms with E-state index >= 15 is 0 Å². The Bertz CT molecular complexity index is 1050. The Labute approximate surface area is 167 Å². The van der Waals surface area contributed by atoms with E-state index in [1.807, 2.05) is 33.5 Å². The van der Waals surface area contributed by atoms with Crippen LogP contribution in [0.1, 0.15) is 5.82 Å². The van der Waals surface area contributed by atoms with Crippen LogP contribution in [-0.2, 0) is 24.2 Å². The first-order valence-corrected chi connectivity index (χ1v) is 9.26. The number of rotatable bonds is 9. The molecule has 0 aromatic carbocycles. The van der Waals surface area contributed by atoms with Crippen LogP contribution >= 0.6 is 0 Å². The van der Waals surface area contributed by atoms with E-state index in [4.69, 9.17) is 13.9 Å². The van der Waals surface area contributed by atoms with Gasteiger partial charge in [-0.3, -0.25) is 0 Å². The number of hydrogen-bond acceptors (Lipinski definition) is 7. The highest BCUT2D eigenvalue weighted by Crippen LogP contribution is 2.28. The van der Waals surface area contributed by atoms with Gasteiger partial charge in [0.2, 0.25) is 5.88 Å². The van der Waals surface area contributed by atoms with Crippen LogP contribution < -0.4 is 4.74 Å². The molecule has 0 radical (unpaired) electrons. The molecule has 0 aliphatic carbocycles. The molecule has 4 aromatic rings. The Morgan fingerprint density at radius 3 is 2.69 bits per heavy atom. The lowest BCUT2D eigenvalue weighted by Gasteiger charge is -2.08. The highest BCUT2D eigenvalue weighted by atomic mass is 16.5. The molecule has 150 valence electrons. The number of aromatic nitrogens is 6. The van der Waals surface area contributed by atoms with Gasteiger partial charge in [0.15, 0.2) is 11.6 Å². The molecule has 0 unspecified atom stereocenters. The van der Waals surface area contributed by atoms with Gasteiger partial charge in [-0.2, -0.15) is 0 Å². The Kier molecular flexibility index (Phi) is 5.66. The third kappa shape index (κ3) is 4.19. The number of aryl methyl sites for hydroxylation is 2. The monoisotopic (exact) mass is 394 g/mol. The van der Waals surface area contributed by atoms with Crippen molar-refractivity contribution >= 4 is 0 Å². The first-order valence-electron chi connectivity index (χ1n) is 9.26. The molecule has 29 heavy (non-hydrogen) atoms. The summed E-state index contributed by atoms with van der Waals surface area (Å²) >= 11 is 0. The molecule has 0 bridgehead atoms. The van der Waals surface area contributed by atoms with Gasteiger partial charge in [-0.05, 0) is 18.2 Å². The first kappa shape index (κ1) is 18.9. The van der Waals surface area contributed by atoms with E-state index in [0.29, 0.717) is 24.8 Å². The van der Waals surface area contributed by atoms with Crippen LogP contribution in [0.15, 0.2) is 53.6 Å². The van der Waals surface area contributed by atoms with E-state index in [9.17, 15) is 0 Å². The zero-order valence-corrected chi connectivity index (χ0v) is 16.4. The van der Waals surface area contributed by atoms with Crippen LogP contribution in [0.5, 0.6) is 5.88 Å². The van der Waals surface area contributed by atoms with E-state index in [0.717, 1.165) is 35.9 Å². The molecule has 0 saturated heterocycles. The van der Waals surface area contributed by atoms with Crippen molar-refractivity contribution in [3.8, 4) is 28.8 Å². The van der Waals surface area contributed by atoms with E-state index in [2.05, 4.69) is 20.2 Å². The van der Waals surface area contributed by atoms with E-state index in [-0.39, 0.29) is 0 Å². The van der Waals surface area contributed by atoms with Gasteiger partial charge in [0.25, 0.3) is 0 Å². The Morgan fingerprint density at radius 2 is 1.90 bits per heavy atom. The number of imidazole rings is 1. The molecule has 0 amide bonds. The number of nitrogens with zero attached hydrogens (tertiary/aromatic N) is 6. The van der Waals surface area contributed by atoms with Crippen molar-refractivity contribution < 1.29 is 13.9 Å². The zero-order valence-electron chi connectivity index (χ0n) is 16.4. The summed E-state index contributed by atoms with van der Waals surface area (Å²) < 4.78 is 20.3. The lowest BCUT2D eigenvalue weighted by Crippen LogP contribution is -2.10. The normalized spacial score (nSPS) is 11.1. The molecule has 0 saturated carbocycles. The SMILES string of the molecule is COCCn1cnnc1CCn1ccnc1-c1ccc(-c2ccc(OC)nc2)o1. The van der Waals surface area contributed by atoms with E-state index in [1.54, 1.807) is 39.0 Å². The maximum Gasteiger partial charge on any atom is 0.212 e. The molecule has 9 heteroatoms. The van der Waals surface area contributed by atoms with Crippen LogP contribution in [0.25, 0.3) is 22.9 Å². The fourth-order valence-electron chi connectivity index (χ4n) is 3.04. The van der Waals surface area contributed by atoms with Gasteiger partial charge < -0.3 is 23.0 Å². The summed E-state index contributed by atoms with van der Waals surface area (Å²) in [4.78, 5) is 8.69. The quantitative estimate of drug-likeness (QED) is 0.431. The lowest BCUT2D eigenvalue weighted by atomic mass is 10.2. The largest absolute Gasteiger partial charge is 0.481 e. The third-order valence-electron chi connectivity index (χ3n) is 4.58. The molecule has 4 aromatic heterocycles. The van der Waals surface area contributed by atoms with Gasteiger partial charge in [-0.25, -0.2) is 9.97 Å². The Hall–Kier alpha value is -3.46. The minimum Gasteiger partial charge on any atom is -0.481 e. The van der Waals surface area contributed by atoms with Crippen molar-refractivity contribution in [2.24, 2.45) is 0 Å². The molecule has 0 aliphatic rings. The van der Waals surface area contributed by atoms with Crippen molar-refractivity contribution in [2.45, 2.75) is 19.5 Å². The number of ether oxygens (including phenoxy) is 2. The fourth-order valence-corrected chi connectivity index (χ4v) is 3.04. The Morgan fingerprint density at radius 1 is 1.00 bits per heavy atom. The maximum atomic E-state index is 6.03. The summed E-state index contributed by atoms with van der Waals surface area (Å²) in [6, 6.07) is 7.55. The van der Waals surface area contributed by atoms with E-state index in [1.165, 1.54) is 0 Å². The lowest BCUT2D eigenvalue weighted by molar-refractivity contribution is 0.186. The number of hydrogen-bond donors (Lipinski definition) is 0. The highest BCUT2D eigenvalue weighted by Gasteiger charge is 2.13. The van der Waals surface area contributed by atoms with Crippen molar-refractivity contribution in [1.29, 1.82) is 0 Å². The summed E-state index contributed by atoms with van der Waals surface area (Å²) in [6.45, 7) is 2.06. The molecule has 0 fully saturated rings. The van der Waals surface area contributed by atoms with Gasteiger partial charge in [-0.1, -0.05) is 0 Å². The topological polar surface area (TPSA) is 93.0 Å². The average Bonchev–Trinajstić information content (AvgIpc) is 3.51. The predicted octanol–water partition coefficient (Wildman–Crippen LogP) is 2.69. The molecular formula is C20H22N6O3. The van der Waals surface area contributed by atoms with E-state index < -0.39 is 0 Å². The van der Waals surface area contributed by atoms with Gasteiger partial charge in [0.05, 0.1) is 13.7 Å². The van der Waals surface area contributed by atoms with Crippen LogP contribution in [0, 0.1) is 0 Å². The Balaban J connectivity index is 1.48. The average molecular weight is 394 g/mol. The van der Waals surface area contributed by atoms with Gasteiger partial charge in [0.1, 0.15) is 17.9 Å². The summed E-state index contributed by atoms with van der Waals surface area (Å²) in [5, 5.41) is 8.22. The number of methoxy groups -OCH3 is 2. The molecule has 9 nitrogen and oxygen atoms in total. The van der Waals surface area contributed by atoms with Crippen LogP contribution in [-0.4, -0.2) is 50.1 Å². The third-order valence-corrected chi connectivity index (χ3v) is 4.58. The van der Waals surface area contributed by atoms with Crippen molar-refractivity contribution in [3.63, 3.8) is 0 Å². The number of pyridine rings is 1. The highest BCUT2D eigenvalue weighted by molar-refractivity contribution is 5.61. The van der Waals surface area contributed by atoms with Crippen molar-refractivity contribution in [1.82, 2.24) is 29.3 Å². The minimum atomic E-state index is 0.564. The summed E-state index contributed by atoms with van der Waals surface area (Å²) in [5.74, 6) is 3.66. The van der Waals surface area contributed by atoms with Crippen LogP contribution in [0.4, 0.5) is 0 Å². The molecule has 0 aliphatic heterocycles. The molecule has 0 spiro atoms. The first-order chi connectivity index (χ1) is 14.3. The molecule has 0 atom stereocenters. The second-order valence-electron chi connectivity index (χ2n) is 6.38. The zero-order chi connectivity index (χ0) is 20.1. The molecule has 4 rings (SSSR count). The van der Waals surface area contributed by atoms with Crippen molar-refractivity contribution in [2.75, 3.05) is 20.8 Å². The van der Waals surface area contributed by atoms with Gasteiger partial charge in [0, 0.05) is 56.8 Å². The second kappa shape index (κ2) is 8.70. The summed E-state index contributed by atoms with van der Waals surface area (Å²) in [7, 11) is 3.27. The summed E-state index contributed by atoms with van der Waals surface area (Å²) in [5.41, 5.74) is 0.876. The number of furan rings is 1. The van der Waals surface area contributed by atoms with Gasteiger partial charge in [-0.15, -0.1) is 10.2 Å². The van der Waals surface area contributed by atoms with Crippen molar-refractivity contribution in [3.05, 3.63) is 55.0 Å². The second-order valence-corrected chi connectivity index (χ2v) is 6.38. The molecule has 4 heterocycles. The predicted molar refractivity (Wildman–Crippen MR) is 105 cm³/mol. The summed E-state index contributed by atoms with van der Waals surface area (Å²) in [6.07, 6.45) is 7.87. The fraction of sp³-hybridized carbons (Fsp3) is 0.300. The van der Waals surface area contributed by atoms with Gasteiger partial charge >= 0.3 is 0 Å². The van der Waals surface area contributed by atoms with Crippen LogP contribution in [0.2, 0.25) is 0 Å². The molecular weight excluding hydrogens is 372 g/mol. The maximum absolute atomic E-state index is 6.03. The standard InChI is InChI=1S/C20H22N6O3/c1-27-12-11-26-14-23-24-18(26)7-9-25-10-8-21-20(25)17-5-4-16(29-17)15-3-6-19(28-2)22-13-15/h3-6,8,10,13-14H,7,9,11-12H2,1-2H3. The molecule has 0 N–H and O–H groups in total. The smallest absolute Gasteiger partial charge is 0.212 e. The van der Waals surface area contributed by atoms with Crippen LogP contribution in [0.3, 0.4) is 0 Å².